The Balaban J connectivity index is 1.71. The third kappa shape index (κ3) is 3.55. The number of rotatable bonds is 4. The van der Waals surface area contributed by atoms with E-state index in [4.69, 9.17) is 11.6 Å². The zero-order valence-electron chi connectivity index (χ0n) is 12.8. The molecule has 0 spiro atoms. The van der Waals surface area contributed by atoms with Crippen LogP contribution < -0.4 is 9.80 Å². The molecule has 0 aliphatic carbocycles. The maximum Gasteiger partial charge on any atom is 0.231 e. The van der Waals surface area contributed by atoms with E-state index in [1.807, 2.05) is 7.05 Å². The van der Waals surface area contributed by atoms with Crippen LogP contribution in [0.5, 0.6) is 0 Å². The maximum atomic E-state index is 6.09. The number of anilines is 2. The Labute approximate surface area is 131 Å². The first-order valence-electron chi connectivity index (χ1n) is 7.68. The van der Waals surface area contributed by atoms with Crippen molar-refractivity contribution in [1.82, 2.24) is 19.9 Å². The SMILES string of the molecule is CN1CCC(CN(C)c2nc(Cl)nc(N3CCCC3)n2)C1. The second kappa shape index (κ2) is 6.32. The van der Waals surface area contributed by atoms with Crippen LogP contribution in [0.25, 0.3) is 0 Å². The summed E-state index contributed by atoms with van der Waals surface area (Å²) < 4.78 is 0. The Morgan fingerprint density at radius 1 is 1.19 bits per heavy atom. The highest BCUT2D eigenvalue weighted by Gasteiger charge is 2.23. The molecule has 2 fully saturated rings. The average Bonchev–Trinajstić information content (AvgIpc) is 3.10. The highest BCUT2D eigenvalue weighted by molar-refractivity contribution is 6.28. The fraction of sp³-hybridized carbons (Fsp3) is 0.786. The lowest BCUT2D eigenvalue weighted by atomic mass is 10.1. The molecule has 2 saturated heterocycles. The molecule has 7 heteroatoms. The van der Waals surface area contributed by atoms with E-state index >= 15 is 0 Å². The molecular formula is C14H23ClN6. The van der Waals surface area contributed by atoms with E-state index in [2.05, 4.69) is 36.7 Å². The van der Waals surface area contributed by atoms with Crippen LogP contribution in [0.4, 0.5) is 11.9 Å². The normalized spacial score (nSPS) is 23.0. The molecule has 0 amide bonds. The molecule has 1 aromatic rings. The number of nitrogens with zero attached hydrogens (tertiary/aromatic N) is 6. The third-order valence-corrected chi connectivity index (χ3v) is 4.50. The molecule has 0 saturated carbocycles. The standard InChI is InChI=1S/C14H23ClN6/c1-19-8-5-11(9-19)10-20(2)13-16-12(15)17-14(18-13)21-6-3-4-7-21/h11H,3-10H2,1-2H3. The van der Waals surface area contributed by atoms with Gasteiger partial charge in [-0.1, -0.05) is 0 Å². The minimum absolute atomic E-state index is 0.289. The summed E-state index contributed by atoms with van der Waals surface area (Å²) in [4.78, 5) is 19.8. The Bertz CT molecular complexity index is 490. The van der Waals surface area contributed by atoms with Crippen LogP contribution in [0.1, 0.15) is 19.3 Å². The van der Waals surface area contributed by atoms with Crippen LogP contribution in [-0.2, 0) is 0 Å². The van der Waals surface area contributed by atoms with Crippen molar-refractivity contribution in [2.24, 2.45) is 5.92 Å². The molecule has 21 heavy (non-hydrogen) atoms. The van der Waals surface area contributed by atoms with Gasteiger partial charge in [0.1, 0.15) is 0 Å². The molecule has 1 aromatic heterocycles. The van der Waals surface area contributed by atoms with E-state index in [1.165, 1.54) is 25.8 Å². The van der Waals surface area contributed by atoms with Gasteiger partial charge in [0.2, 0.25) is 17.2 Å². The first-order chi connectivity index (χ1) is 10.1. The lowest BCUT2D eigenvalue weighted by Gasteiger charge is -2.23. The van der Waals surface area contributed by atoms with E-state index < -0.39 is 0 Å². The number of halogens is 1. The minimum Gasteiger partial charge on any atom is -0.343 e. The van der Waals surface area contributed by atoms with Gasteiger partial charge in [0.15, 0.2) is 0 Å². The first-order valence-corrected chi connectivity index (χ1v) is 8.06. The fourth-order valence-electron chi connectivity index (χ4n) is 3.20. The molecule has 3 rings (SSSR count). The molecule has 6 nitrogen and oxygen atoms in total. The monoisotopic (exact) mass is 310 g/mol. The van der Waals surface area contributed by atoms with E-state index in [1.54, 1.807) is 0 Å². The zero-order valence-corrected chi connectivity index (χ0v) is 13.6. The quantitative estimate of drug-likeness (QED) is 0.840. The number of hydrogen-bond donors (Lipinski definition) is 0. The molecule has 1 atom stereocenters. The Hall–Kier alpha value is -1.14. The molecule has 0 aromatic carbocycles. The average molecular weight is 311 g/mol. The Morgan fingerprint density at radius 2 is 1.95 bits per heavy atom. The second-order valence-electron chi connectivity index (χ2n) is 6.20. The van der Waals surface area contributed by atoms with Crippen LogP contribution in [0, 0.1) is 5.92 Å². The van der Waals surface area contributed by atoms with Crippen molar-refractivity contribution in [3.8, 4) is 0 Å². The zero-order chi connectivity index (χ0) is 14.8. The summed E-state index contributed by atoms with van der Waals surface area (Å²) in [6.07, 6.45) is 3.63. The van der Waals surface area contributed by atoms with Gasteiger partial charge in [0.05, 0.1) is 0 Å². The van der Waals surface area contributed by atoms with Gasteiger partial charge in [0.25, 0.3) is 0 Å². The largest absolute Gasteiger partial charge is 0.343 e. The Kier molecular flexibility index (Phi) is 4.45. The molecule has 116 valence electrons. The predicted molar refractivity (Wildman–Crippen MR) is 85.2 cm³/mol. The summed E-state index contributed by atoms with van der Waals surface area (Å²) in [6, 6.07) is 0. The summed E-state index contributed by atoms with van der Waals surface area (Å²) >= 11 is 6.09. The molecule has 1 unspecified atom stereocenters. The topological polar surface area (TPSA) is 48.4 Å². The molecule has 0 radical (unpaired) electrons. The van der Waals surface area contributed by atoms with Crippen molar-refractivity contribution < 1.29 is 0 Å². The van der Waals surface area contributed by atoms with Gasteiger partial charge in [-0.2, -0.15) is 15.0 Å². The van der Waals surface area contributed by atoms with Gasteiger partial charge in [-0.15, -0.1) is 0 Å². The number of hydrogen-bond acceptors (Lipinski definition) is 6. The van der Waals surface area contributed by atoms with Crippen LogP contribution in [0.2, 0.25) is 5.28 Å². The van der Waals surface area contributed by atoms with Gasteiger partial charge < -0.3 is 14.7 Å². The lowest BCUT2D eigenvalue weighted by Crippen LogP contribution is -2.30. The smallest absolute Gasteiger partial charge is 0.231 e. The predicted octanol–water partition coefficient (Wildman–Crippen LogP) is 1.51. The van der Waals surface area contributed by atoms with E-state index in [0.717, 1.165) is 32.1 Å². The van der Waals surface area contributed by atoms with Gasteiger partial charge in [0, 0.05) is 33.2 Å². The van der Waals surface area contributed by atoms with Crippen molar-refractivity contribution >= 4 is 23.5 Å². The molecular weight excluding hydrogens is 288 g/mol. The van der Waals surface area contributed by atoms with Crippen molar-refractivity contribution in [1.29, 1.82) is 0 Å². The van der Waals surface area contributed by atoms with Crippen molar-refractivity contribution in [3.05, 3.63) is 5.28 Å². The van der Waals surface area contributed by atoms with Crippen molar-refractivity contribution in [2.75, 3.05) is 56.6 Å². The van der Waals surface area contributed by atoms with E-state index in [0.29, 0.717) is 11.9 Å². The van der Waals surface area contributed by atoms with Gasteiger partial charge in [-0.05, 0) is 50.4 Å². The van der Waals surface area contributed by atoms with E-state index in [-0.39, 0.29) is 5.28 Å². The van der Waals surface area contributed by atoms with Crippen LogP contribution in [0.3, 0.4) is 0 Å². The summed E-state index contributed by atoms with van der Waals surface area (Å²) in [5.41, 5.74) is 0. The maximum absolute atomic E-state index is 6.09. The molecule has 3 heterocycles. The highest BCUT2D eigenvalue weighted by Crippen LogP contribution is 2.22. The molecule has 0 bridgehead atoms. The third-order valence-electron chi connectivity index (χ3n) is 4.34. The molecule has 2 aliphatic heterocycles. The second-order valence-corrected chi connectivity index (χ2v) is 6.53. The van der Waals surface area contributed by atoms with Crippen LogP contribution in [-0.4, -0.2) is 66.7 Å². The highest BCUT2D eigenvalue weighted by atomic mass is 35.5. The van der Waals surface area contributed by atoms with Crippen molar-refractivity contribution in [2.45, 2.75) is 19.3 Å². The fourth-order valence-corrected chi connectivity index (χ4v) is 3.35. The molecule has 2 aliphatic rings. The van der Waals surface area contributed by atoms with Gasteiger partial charge in [-0.3, -0.25) is 0 Å². The summed E-state index contributed by atoms with van der Waals surface area (Å²) in [5, 5.41) is 0.289. The summed E-state index contributed by atoms with van der Waals surface area (Å²) in [7, 11) is 4.21. The van der Waals surface area contributed by atoms with Crippen LogP contribution >= 0.6 is 11.6 Å². The summed E-state index contributed by atoms with van der Waals surface area (Å²) in [5.74, 6) is 2.08. The minimum atomic E-state index is 0.289. The summed E-state index contributed by atoms with van der Waals surface area (Å²) in [6.45, 7) is 5.30. The first kappa shape index (κ1) is 14.8. The molecule has 0 N–H and O–H groups in total. The number of aromatic nitrogens is 3. The van der Waals surface area contributed by atoms with E-state index in [9.17, 15) is 0 Å². The Morgan fingerprint density at radius 3 is 2.62 bits per heavy atom. The van der Waals surface area contributed by atoms with Gasteiger partial charge in [-0.25, -0.2) is 0 Å². The van der Waals surface area contributed by atoms with Crippen LogP contribution in [0.15, 0.2) is 0 Å². The lowest BCUT2D eigenvalue weighted by molar-refractivity contribution is 0.395. The van der Waals surface area contributed by atoms with Gasteiger partial charge >= 0.3 is 0 Å². The number of likely N-dealkylation sites (tertiary alicyclic amines) is 1. The van der Waals surface area contributed by atoms with Crippen molar-refractivity contribution in [3.63, 3.8) is 0 Å².